The maximum atomic E-state index is 12.9. The van der Waals surface area contributed by atoms with Crippen LogP contribution in [-0.4, -0.2) is 11.7 Å². The molecule has 0 saturated carbocycles. The van der Waals surface area contributed by atoms with Crippen LogP contribution >= 0.6 is 0 Å². The Kier molecular flexibility index (Phi) is 3.14. The number of rotatable bonds is 1. The molecule has 104 valence electrons. The molecule has 0 bridgehead atoms. The van der Waals surface area contributed by atoms with E-state index in [9.17, 15) is 14.0 Å². The SMILES string of the molecule is CC(=O)N1/C(=C\c2ccc(F)cc2)C(=O)c2ccccc21. The molecule has 0 saturated heterocycles. The quantitative estimate of drug-likeness (QED) is 0.751. The van der Waals surface area contributed by atoms with Crippen LogP contribution in [0.2, 0.25) is 0 Å². The second kappa shape index (κ2) is 4.98. The second-order valence-corrected chi connectivity index (χ2v) is 4.78. The van der Waals surface area contributed by atoms with Gasteiger partial charge in [0.05, 0.1) is 11.4 Å². The van der Waals surface area contributed by atoms with Gasteiger partial charge in [-0.05, 0) is 35.9 Å². The van der Waals surface area contributed by atoms with E-state index in [0.717, 1.165) is 0 Å². The molecular formula is C17H12FNO2. The number of hydrogen-bond acceptors (Lipinski definition) is 2. The van der Waals surface area contributed by atoms with E-state index in [2.05, 4.69) is 0 Å². The Morgan fingerprint density at radius 1 is 1.10 bits per heavy atom. The number of Topliss-reactive ketones (excluding diaryl/α,β-unsaturated/α-hetero) is 1. The molecule has 0 aliphatic carbocycles. The summed E-state index contributed by atoms with van der Waals surface area (Å²) in [5, 5.41) is 0. The highest BCUT2D eigenvalue weighted by molar-refractivity contribution is 6.26. The van der Waals surface area contributed by atoms with E-state index in [4.69, 9.17) is 0 Å². The van der Waals surface area contributed by atoms with Crippen molar-refractivity contribution >= 4 is 23.5 Å². The van der Waals surface area contributed by atoms with Gasteiger partial charge in [0.1, 0.15) is 5.82 Å². The first-order valence-electron chi connectivity index (χ1n) is 6.49. The van der Waals surface area contributed by atoms with Crippen molar-refractivity contribution in [2.45, 2.75) is 6.92 Å². The highest BCUT2D eigenvalue weighted by atomic mass is 19.1. The Labute approximate surface area is 121 Å². The average Bonchev–Trinajstić information content (AvgIpc) is 2.75. The predicted octanol–water partition coefficient (Wildman–Crippen LogP) is 3.42. The first-order chi connectivity index (χ1) is 10.1. The summed E-state index contributed by atoms with van der Waals surface area (Å²) in [5.74, 6) is -0.784. The molecule has 2 aromatic rings. The summed E-state index contributed by atoms with van der Waals surface area (Å²) < 4.78 is 12.9. The summed E-state index contributed by atoms with van der Waals surface area (Å²) >= 11 is 0. The number of fused-ring (bicyclic) bond motifs is 1. The van der Waals surface area contributed by atoms with Gasteiger partial charge in [-0.1, -0.05) is 24.3 Å². The van der Waals surface area contributed by atoms with Gasteiger partial charge in [0.2, 0.25) is 11.7 Å². The Morgan fingerprint density at radius 3 is 2.43 bits per heavy atom. The predicted molar refractivity (Wildman–Crippen MR) is 78.3 cm³/mol. The van der Waals surface area contributed by atoms with Crippen LogP contribution in [0.5, 0.6) is 0 Å². The number of carbonyl (C=O) groups excluding carboxylic acids is 2. The Hall–Kier alpha value is -2.75. The number of allylic oxidation sites excluding steroid dienone is 1. The summed E-state index contributed by atoms with van der Waals surface area (Å²) in [6.07, 6.45) is 1.60. The number of ketones is 1. The van der Waals surface area contributed by atoms with Crippen LogP contribution in [0.3, 0.4) is 0 Å². The Bertz CT molecular complexity index is 763. The van der Waals surface area contributed by atoms with Gasteiger partial charge in [-0.15, -0.1) is 0 Å². The molecule has 1 amide bonds. The number of carbonyl (C=O) groups is 2. The van der Waals surface area contributed by atoms with Crippen LogP contribution in [0.15, 0.2) is 54.2 Å². The molecule has 0 radical (unpaired) electrons. The van der Waals surface area contributed by atoms with Gasteiger partial charge in [-0.3, -0.25) is 14.5 Å². The summed E-state index contributed by atoms with van der Waals surface area (Å²) in [6, 6.07) is 12.7. The molecule has 2 aromatic carbocycles. The third-order valence-corrected chi connectivity index (χ3v) is 3.35. The highest BCUT2D eigenvalue weighted by Crippen LogP contribution is 2.35. The van der Waals surface area contributed by atoms with Crippen LogP contribution in [0, 0.1) is 5.82 Å². The lowest BCUT2D eigenvalue weighted by molar-refractivity contribution is -0.116. The van der Waals surface area contributed by atoms with Gasteiger partial charge in [0.25, 0.3) is 0 Å². The average molecular weight is 281 g/mol. The molecule has 4 heteroatoms. The van der Waals surface area contributed by atoms with Crippen molar-refractivity contribution in [1.82, 2.24) is 0 Å². The van der Waals surface area contributed by atoms with Gasteiger partial charge >= 0.3 is 0 Å². The summed E-state index contributed by atoms with van der Waals surface area (Å²) in [4.78, 5) is 25.7. The van der Waals surface area contributed by atoms with Gasteiger partial charge in [0.15, 0.2) is 0 Å². The Balaban J connectivity index is 2.12. The van der Waals surface area contributed by atoms with Gasteiger partial charge in [-0.2, -0.15) is 0 Å². The lowest BCUT2D eigenvalue weighted by Gasteiger charge is -2.15. The zero-order valence-electron chi connectivity index (χ0n) is 11.3. The lowest BCUT2D eigenvalue weighted by Crippen LogP contribution is -2.25. The Morgan fingerprint density at radius 2 is 1.76 bits per heavy atom. The highest BCUT2D eigenvalue weighted by Gasteiger charge is 2.34. The van der Waals surface area contributed by atoms with E-state index in [0.29, 0.717) is 16.8 Å². The van der Waals surface area contributed by atoms with Crippen LogP contribution in [0.1, 0.15) is 22.8 Å². The number of para-hydroxylation sites is 1. The van der Waals surface area contributed by atoms with Crippen LogP contribution < -0.4 is 4.90 Å². The standard InChI is InChI=1S/C17H12FNO2/c1-11(20)19-15-5-3-2-4-14(15)17(21)16(19)10-12-6-8-13(18)9-7-12/h2-10H,1H3/b16-10-. The first-order valence-corrected chi connectivity index (χ1v) is 6.49. The molecule has 0 fully saturated rings. The van der Waals surface area contributed by atoms with E-state index < -0.39 is 0 Å². The molecular weight excluding hydrogens is 269 g/mol. The maximum absolute atomic E-state index is 12.9. The zero-order chi connectivity index (χ0) is 15.0. The number of anilines is 1. The molecule has 0 unspecified atom stereocenters. The van der Waals surface area contributed by atoms with Crippen molar-refractivity contribution in [3.05, 3.63) is 71.2 Å². The summed E-state index contributed by atoms with van der Waals surface area (Å²) in [5.41, 5.74) is 2.04. The van der Waals surface area contributed by atoms with Gasteiger partial charge < -0.3 is 0 Å². The van der Waals surface area contributed by atoms with Gasteiger partial charge in [0, 0.05) is 12.5 Å². The molecule has 0 aromatic heterocycles. The minimum Gasteiger partial charge on any atom is -0.287 e. The van der Waals surface area contributed by atoms with Crippen molar-refractivity contribution < 1.29 is 14.0 Å². The molecule has 3 nitrogen and oxygen atoms in total. The van der Waals surface area contributed by atoms with Gasteiger partial charge in [-0.25, -0.2) is 4.39 Å². The number of amides is 1. The summed E-state index contributed by atoms with van der Waals surface area (Å²) in [6.45, 7) is 1.41. The minimum atomic E-state index is -0.346. The molecule has 0 atom stereocenters. The monoisotopic (exact) mass is 281 g/mol. The number of benzene rings is 2. The first kappa shape index (κ1) is 13.2. The second-order valence-electron chi connectivity index (χ2n) is 4.78. The minimum absolute atomic E-state index is 0.204. The van der Waals surface area contributed by atoms with E-state index >= 15 is 0 Å². The number of halogens is 1. The molecule has 0 N–H and O–H groups in total. The number of hydrogen-bond donors (Lipinski definition) is 0. The van der Waals surface area contributed by atoms with Crippen LogP contribution in [-0.2, 0) is 4.79 Å². The number of nitrogens with zero attached hydrogens (tertiary/aromatic N) is 1. The fraction of sp³-hybridized carbons (Fsp3) is 0.0588. The van der Waals surface area contributed by atoms with Crippen molar-refractivity contribution in [2.24, 2.45) is 0 Å². The van der Waals surface area contributed by atoms with Crippen molar-refractivity contribution in [3.63, 3.8) is 0 Å². The smallest absolute Gasteiger partial charge is 0.228 e. The third kappa shape index (κ3) is 2.25. The lowest BCUT2D eigenvalue weighted by atomic mass is 10.1. The van der Waals surface area contributed by atoms with Crippen LogP contribution in [0.25, 0.3) is 6.08 Å². The van der Waals surface area contributed by atoms with E-state index in [1.54, 1.807) is 42.5 Å². The van der Waals surface area contributed by atoms with Crippen molar-refractivity contribution in [1.29, 1.82) is 0 Å². The largest absolute Gasteiger partial charge is 0.287 e. The molecule has 1 aliphatic rings. The maximum Gasteiger partial charge on any atom is 0.228 e. The topological polar surface area (TPSA) is 37.4 Å². The fourth-order valence-corrected chi connectivity index (χ4v) is 2.42. The molecule has 21 heavy (non-hydrogen) atoms. The summed E-state index contributed by atoms with van der Waals surface area (Å²) in [7, 11) is 0. The molecule has 1 heterocycles. The normalized spacial score (nSPS) is 15.4. The van der Waals surface area contributed by atoms with E-state index in [1.807, 2.05) is 0 Å². The fourth-order valence-electron chi connectivity index (χ4n) is 2.42. The molecule has 1 aliphatic heterocycles. The molecule has 0 spiro atoms. The van der Waals surface area contributed by atoms with Crippen LogP contribution in [0.4, 0.5) is 10.1 Å². The van der Waals surface area contributed by atoms with Crippen molar-refractivity contribution in [2.75, 3.05) is 4.90 Å². The third-order valence-electron chi connectivity index (χ3n) is 3.35. The zero-order valence-corrected chi connectivity index (χ0v) is 11.3. The molecule has 3 rings (SSSR count). The van der Waals surface area contributed by atoms with E-state index in [-0.39, 0.29) is 23.2 Å². The van der Waals surface area contributed by atoms with Crippen molar-refractivity contribution in [3.8, 4) is 0 Å². The van der Waals surface area contributed by atoms with E-state index in [1.165, 1.54) is 24.0 Å².